The number of amides is 1. The minimum atomic E-state index is -0.0141. The Morgan fingerprint density at radius 2 is 1.97 bits per heavy atom. The Morgan fingerprint density at radius 1 is 1.14 bits per heavy atom. The maximum atomic E-state index is 13.6. The third-order valence-corrected chi connectivity index (χ3v) is 6.40. The van der Waals surface area contributed by atoms with Gasteiger partial charge in [0.05, 0.1) is 18.2 Å². The Morgan fingerprint density at radius 3 is 2.79 bits per heavy atom. The maximum absolute atomic E-state index is 13.6. The number of nitrogens with one attached hydrogen (secondary N) is 1. The second-order valence-electron chi connectivity index (χ2n) is 8.08. The van der Waals surface area contributed by atoms with Gasteiger partial charge in [-0.25, -0.2) is 0 Å². The van der Waals surface area contributed by atoms with E-state index in [1.807, 2.05) is 24.1 Å². The smallest absolute Gasteiger partial charge is 0.228 e. The number of carbonyl (C=O) groups is 1. The molecule has 0 radical (unpaired) electrons. The lowest BCUT2D eigenvalue weighted by molar-refractivity contribution is -0.136. The highest BCUT2D eigenvalue weighted by atomic mass is 35.5. The molecular weight excluding hydrogens is 384 g/mol. The third-order valence-electron chi connectivity index (χ3n) is 6.40. The average Bonchev–Trinajstić information content (AvgIpc) is 3.47. The molecule has 3 aromatic rings. The first kappa shape index (κ1) is 19.9. The minimum Gasteiger partial charge on any atom is -0.335 e. The van der Waals surface area contributed by atoms with E-state index in [9.17, 15) is 4.79 Å². The number of aromatic nitrogens is 2. The first-order valence-corrected chi connectivity index (χ1v) is 10.2. The fourth-order valence-electron chi connectivity index (χ4n) is 5.03. The van der Waals surface area contributed by atoms with Gasteiger partial charge in [0.25, 0.3) is 0 Å². The normalized spacial score (nSPS) is 24.0. The first-order valence-electron chi connectivity index (χ1n) is 10.2. The predicted octanol–water partition coefficient (Wildman–Crippen LogP) is 3.66. The van der Waals surface area contributed by atoms with E-state index in [1.54, 1.807) is 0 Å². The molecule has 0 saturated carbocycles. The number of benzene rings is 2. The summed E-state index contributed by atoms with van der Waals surface area (Å²) in [6, 6.07) is 15.1. The van der Waals surface area contributed by atoms with Gasteiger partial charge in [-0.15, -0.1) is 12.4 Å². The molecule has 29 heavy (non-hydrogen) atoms. The molecule has 1 N–H and O–H groups in total. The van der Waals surface area contributed by atoms with Crippen LogP contribution in [0.25, 0.3) is 10.8 Å². The van der Waals surface area contributed by atoms with Crippen LogP contribution in [0, 0.1) is 5.92 Å². The molecule has 2 aliphatic rings. The van der Waals surface area contributed by atoms with Crippen molar-refractivity contribution >= 4 is 29.1 Å². The van der Waals surface area contributed by atoms with Crippen LogP contribution in [0.3, 0.4) is 0 Å². The van der Waals surface area contributed by atoms with Gasteiger partial charge in [0.15, 0.2) is 0 Å². The number of likely N-dealkylation sites (tertiary alicyclic amines) is 1. The van der Waals surface area contributed by atoms with E-state index in [0.717, 1.165) is 38.0 Å². The molecular formula is C23H27ClN4O. The van der Waals surface area contributed by atoms with Gasteiger partial charge in [-0.1, -0.05) is 42.5 Å². The van der Waals surface area contributed by atoms with Crippen molar-refractivity contribution in [1.29, 1.82) is 0 Å². The molecule has 3 atom stereocenters. The van der Waals surface area contributed by atoms with Crippen LogP contribution in [0.5, 0.6) is 0 Å². The van der Waals surface area contributed by atoms with Gasteiger partial charge >= 0.3 is 0 Å². The fourth-order valence-corrected chi connectivity index (χ4v) is 5.03. The second kappa shape index (κ2) is 8.17. The molecule has 0 bridgehead atoms. The summed E-state index contributed by atoms with van der Waals surface area (Å²) in [4.78, 5) is 15.8. The van der Waals surface area contributed by atoms with Crippen molar-refractivity contribution in [2.24, 2.45) is 13.0 Å². The third kappa shape index (κ3) is 3.53. The van der Waals surface area contributed by atoms with Crippen LogP contribution in [0.2, 0.25) is 0 Å². The average molecular weight is 411 g/mol. The summed E-state index contributed by atoms with van der Waals surface area (Å²) in [5.41, 5.74) is 2.44. The standard InChI is InChI=1S/C23H26N4O.ClH/c1-26-15-17(12-25-26)20-13-24-14-21(20)23(28)27-11-5-10-22(27)19-9-4-7-16-6-2-3-8-18(16)19;/h2-4,6-9,12,15,20-22,24H,5,10-11,13-14H2,1H3;1H/t20-,21+,22?;/m1./s1. The molecule has 5 rings (SSSR count). The van der Waals surface area contributed by atoms with Gasteiger partial charge in [-0.05, 0) is 34.7 Å². The van der Waals surface area contributed by atoms with Crippen LogP contribution in [-0.2, 0) is 11.8 Å². The number of halogens is 1. The predicted molar refractivity (Wildman–Crippen MR) is 117 cm³/mol. The maximum Gasteiger partial charge on any atom is 0.228 e. The van der Waals surface area contributed by atoms with E-state index in [-0.39, 0.29) is 36.2 Å². The van der Waals surface area contributed by atoms with Gasteiger partial charge in [0, 0.05) is 38.8 Å². The molecule has 2 fully saturated rings. The van der Waals surface area contributed by atoms with E-state index < -0.39 is 0 Å². The van der Waals surface area contributed by atoms with Crippen molar-refractivity contribution in [3.05, 3.63) is 66.0 Å². The zero-order valence-corrected chi connectivity index (χ0v) is 17.4. The van der Waals surface area contributed by atoms with E-state index in [4.69, 9.17) is 0 Å². The number of fused-ring (bicyclic) bond motifs is 1. The van der Waals surface area contributed by atoms with Crippen molar-refractivity contribution in [3.8, 4) is 0 Å². The summed E-state index contributed by atoms with van der Waals surface area (Å²) in [5, 5.41) is 10.3. The summed E-state index contributed by atoms with van der Waals surface area (Å²) in [6.07, 6.45) is 6.06. The lowest BCUT2D eigenvalue weighted by Crippen LogP contribution is -2.38. The van der Waals surface area contributed by atoms with Crippen LogP contribution in [-0.4, -0.2) is 40.2 Å². The van der Waals surface area contributed by atoms with Crippen molar-refractivity contribution in [3.63, 3.8) is 0 Å². The second-order valence-corrected chi connectivity index (χ2v) is 8.08. The Kier molecular flexibility index (Phi) is 5.61. The summed E-state index contributed by atoms with van der Waals surface area (Å²) in [5.74, 6) is 0.476. The lowest BCUT2D eigenvalue weighted by Gasteiger charge is -2.30. The van der Waals surface area contributed by atoms with Gasteiger partial charge in [0.1, 0.15) is 0 Å². The van der Waals surface area contributed by atoms with Crippen LogP contribution >= 0.6 is 12.4 Å². The molecule has 2 aromatic carbocycles. The number of hydrogen-bond acceptors (Lipinski definition) is 3. The van der Waals surface area contributed by atoms with Crippen molar-refractivity contribution in [2.75, 3.05) is 19.6 Å². The highest BCUT2D eigenvalue weighted by molar-refractivity contribution is 5.87. The zero-order chi connectivity index (χ0) is 19.1. The Hall–Kier alpha value is -2.37. The molecule has 1 amide bonds. The molecule has 2 saturated heterocycles. The van der Waals surface area contributed by atoms with Crippen LogP contribution in [0.1, 0.15) is 35.9 Å². The number of aryl methyl sites for hydroxylation is 1. The van der Waals surface area contributed by atoms with Crippen LogP contribution in [0.15, 0.2) is 54.9 Å². The summed E-state index contributed by atoms with van der Waals surface area (Å²) in [7, 11) is 1.93. The fraction of sp³-hybridized carbons (Fsp3) is 0.391. The number of carbonyl (C=O) groups excluding carboxylic acids is 1. The van der Waals surface area contributed by atoms with Gasteiger partial charge < -0.3 is 10.2 Å². The van der Waals surface area contributed by atoms with Crippen LogP contribution < -0.4 is 5.32 Å². The molecule has 2 aliphatic heterocycles. The van der Waals surface area contributed by atoms with Crippen LogP contribution in [0.4, 0.5) is 0 Å². The zero-order valence-electron chi connectivity index (χ0n) is 16.6. The van der Waals surface area contributed by atoms with Crippen molar-refractivity contribution < 1.29 is 4.79 Å². The first-order chi connectivity index (χ1) is 13.7. The molecule has 0 spiro atoms. The van der Waals surface area contributed by atoms with Crippen molar-refractivity contribution in [1.82, 2.24) is 20.0 Å². The van der Waals surface area contributed by atoms with Gasteiger partial charge in [-0.3, -0.25) is 9.48 Å². The molecule has 3 heterocycles. The minimum absolute atomic E-state index is 0. The lowest BCUT2D eigenvalue weighted by atomic mass is 9.89. The van der Waals surface area contributed by atoms with E-state index in [0.29, 0.717) is 0 Å². The Bertz CT molecular complexity index is 1010. The molecule has 5 nitrogen and oxygen atoms in total. The molecule has 1 aromatic heterocycles. The van der Waals surface area contributed by atoms with E-state index in [1.165, 1.54) is 16.3 Å². The number of hydrogen-bond donors (Lipinski definition) is 1. The molecule has 6 heteroatoms. The SMILES string of the molecule is Cl.Cn1cc([C@H]2CNC[C@@H]2C(=O)N2CCCC2c2cccc3ccccc23)cn1. The number of rotatable bonds is 3. The quantitative estimate of drug-likeness (QED) is 0.716. The highest BCUT2D eigenvalue weighted by Gasteiger charge is 2.40. The molecule has 152 valence electrons. The van der Waals surface area contributed by atoms with Gasteiger partial charge in [-0.2, -0.15) is 5.10 Å². The van der Waals surface area contributed by atoms with E-state index in [2.05, 4.69) is 57.8 Å². The monoisotopic (exact) mass is 410 g/mol. The Balaban J connectivity index is 0.00000205. The summed E-state index contributed by atoms with van der Waals surface area (Å²) < 4.78 is 1.82. The van der Waals surface area contributed by atoms with Crippen molar-refractivity contribution in [2.45, 2.75) is 24.8 Å². The number of nitrogens with zero attached hydrogens (tertiary/aromatic N) is 3. The highest BCUT2D eigenvalue weighted by Crippen LogP contribution is 2.39. The molecule has 0 aliphatic carbocycles. The van der Waals surface area contributed by atoms with Gasteiger partial charge in [0.2, 0.25) is 5.91 Å². The molecule has 1 unspecified atom stereocenters. The largest absolute Gasteiger partial charge is 0.335 e. The van der Waals surface area contributed by atoms with E-state index >= 15 is 0 Å². The Labute approximate surface area is 177 Å². The topological polar surface area (TPSA) is 50.2 Å². The summed E-state index contributed by atoms with van der Waals surface area (Å²) in [6.45, 7) is 2.44. The summed E-state index contributed by atoms with van der Waals surface area (Å²) >= 11 is 0.